The molecule has 1 fully saturated rings. The van der Waals surface area contributed by atoms with Gasteiger partial charge in [0.2, 0.25) is 0 Å². The van der Waals surface area contributed by atoms with Crippen LogP contribution >= 0.6 is 15.9 Å². The number of aliphatic hydroxyl groups excluding tert-OH is 1. The van der Waals surface area contributed by atoms with Gasteiger partial charge in [0.05, 0.1) is 6.10 Å². The van der Waals surface area contributed by atoms with Gasteiger partial charge in [0.25, 0.3) is 0 Å². The van der Waals surface area contributed by atoms with Gasteiger partial charge in [-0.3, -0.25) is 0 Å². The van der Waals surface area contributed by atoms with Crippen LogP contribution in [-0.4, -0.2) is 16.0 Å². The number of hydrogen-bond donors (Lipinski definition) is 1. The van der Waals surface area contributed by atoms with Crippen molar-refractivity contribution in [3.8, 4) is 0 Å². The van der Waals surface area contributed by atoms with Gasteiger partial charge in [-0.1, -0.05) is 15.9 Å². The molecule has 2 heteroatoms. The Kier molecular flexibility index (Phi) is 1.15. The minimum Gasteiger partial charge on any atom is -0.392 e. The number of hydrogen-bond acceptors (Lipinski definition) is 1. The molecule has 0 heterocycles. The van der Waals surface area contributed by atoms with E-state index in [9.17, 15) is 0 Å². The molecule has 0 amide bonds. The van der Waals surface area contributed by atoms with Crippen LogP contribution in [0, 0.1) is 0 Å². The first-order valence-electron chi connectivity index (χ1n) is 2.13. The minimum absolute atomic E-state index is 0.0509. The fourth-order valence-electron chi connectivity index (χ4n) is 0.442. The zero-order valence-corrected chi connectivity index (χ0v) is 4.98. The van der Waals surface area contributed by atoms with Crippen molar-refractivity contribution < 1.29 is 5.11 Å². The van der Waals surface area contributed by atoms with E-state index in [1.54, 1.807) is 0 Å². The predicted octanol–water partition coefficient (Wildman–Crippen LogP) is 0.905. The molecule has 1 N–H and O–H groups in total. The SMILES string of the molecule is O[C@H]1CCC1Br. The summed E-state index contributed by atoms with van der Waals surface area (Å²) < 4.78 is 0. The van der Waals surface area contributed by atoms with Crippen LogP contribution in [0.3, 0.4) is 0 Å². The van der Waals surface area contributed by atoms with E-state index in [2.05, 4.69) is 15.9 Å². The number of alkyl halides is 1. The Hall–Kier alpha value is 0.440. The Balaban J connectivity index is 2.20. The Morgan fingerprint density at radius 2 is 2.00 bits per heavy atom. The fourth-order valence-corrected chi connectivity index (χ4v) is 0.970. The molecular formula is C4H7BrO. The maximum absolute atomic E-state index is 8.67. The van der Waals surface area contributed by atoms with Gasteiger partial charge < -0.3 is 5.11 Å². The van der Waals surface area contributed by atoms with Crippen LogP contribution in [-0.2, 0) is 0 Å². The van der Waals surface area contributed by atoms with Gasteiger partial charge in [-0.2, -0.15) is 0 Å². The molecule has 0 saturated heterocycles. The summed E-state index contributed by atoms with van der Waals surface area (Å²) in [6.45, 7) is 0. The van der Waals surface area contributed by atoms with E-state index < -0.39 is 0 Å². The summed E-state index contributed by atoms with van der Waals surface area (Å²) in [5, 5.41) is 8.67. The van der Waals surface area contributed by atoms with E-state index >= 15 is 0 Å². The van der Waals surface area contributed by atoms with Crippen molar-refractivity contribution in [1.29, 1.82) is 0 Å². The van der Waals surface area contributed by atoms with Crippen LogP contribution in [0.2, 0.25) is 0 Å². The lowest BCUT2D eigenvalue weighted by atomic mass is 9.96. The number of aliphatic hydroxyl groups is 1. The minimum atomic E-state index is -0.0509. The van der Waals surface area contributed by atoms with Gasteiger partial charge in [-0.25, -0.2) is 0 Å². The summed E-state index contributed by atoms with van der Waals surface area (Å²) >= 11 is 3.28. The van der Waals surface area contributed by atoms with Crippen molar-refractivity contribution in [2.75, 3.05) is 0 Å². The van der Waals surface area contributed by atoms with Gasteiger partial charge in [0.1, 0.15) is 0 Å². The molecule has 0 aliphatic heterocycles. The average molecular weight is 151 g/mol. The van der Waals surface area contributed by atoms with Crippen molar-refractivity contribution in [3.63, 3.8) is 0 Å². The largest absolute Gasteiger partial charge is 0.392 e. The molecule has 1 rings (SSSR count). The molecule has 0 aromatic carbocycles. The lowest BCUT2D eigenvalue weighted by Gasteiger charge is -2.26. The highest BCUT2D eigenvalue weighted by molar-refractivity contribution is 9.09. The quantitative estimate of drug-likeness (QED) is 0.510. The topological polar surface area (TPSA) is 20.2 Å². The van der Waals surface area contributed by atoms with Crippen molar-refractivity contribution in [3.05, 3.63) is 0 Å². The molecule has 0 spiro atoms. The summed E-state index contributed by atoms with van der Waals surface area (Å²) in [4.78, 5) is 0.400. The second kappa shape index (κ2) is 1.51. The lowest BCUT2D eigenvalue weighted by molar-refractivity contribution is 0.106. The molecule has 0 radical (unpaired) electrons. The van der Waals surface area contributed by atoms with Crippen LogP contribution in [0.25, 0.3) is 0 Å². The zero-order valence-electron chi connectivity index (χ0n) is 3.39. The second-order valence-corrected chi connectivity index (χ2v) is 2.84. The highest BCUT2D eigenvalue weighted by Crippen LogP contribution is 2.26. The van der Waals surface area contributed by atoms with Crippen molar-refractivity contribution >= 4 is 15.9 Å². The number of halogens is 1. The average Bonchev–Trinajstić information content (AvgIpc) is 1.61. The van der Waals surface area contributed by atoms with E-state index in [0.717, 1.165) is 12.8 Å². The first-order chi connectivity index (χ1) is 2.80. The third-order valence-corrected chi connectivity index (χ3v) is 2.22. The maximum atomic E-state index is 8.67. The standard InChI is InChI=1S/C4H7BrO/c5-3-1-2-4(3)6/h3-4,6H,1-2H2/t3?,4-/m0/s1. The Morgan fingerprint density at radius 3 is 2.00 bits per heavy atom. The van der Waals surface area contributed by atoms with Crippen molar-refractivity contribution in [2.45, 2.75) is 23.8 Å². The molecule has 0 bridgehead atoms. The lowest BCUT2D eigenvalue weighted by Crippen LogP contribution is -2.30. The third-order valence-electron chi connectivity index (χ3n) is 1.16. The van der Waals surface area contributed by atoms with E-state index in [1.807, 2.05) is 0 Å². The van der Waals surface area contributed by atoms with Crippen LogP contribution in [0.1, 0.15) is 12.8 Å². The number of rotatable bonds is 0. The van der Waals surface area contributed by atoms with Gasteiger partial charge in [-0.05, 0) is 12.8 Å². The summed E-state index contributed by atoms with van der Waals surface area (Å²) in [5.74, 6) is 0. The molecule has 2 atom stereocenters. The summed E-state index contributed by atoms with van der Waals surface area (Å²) in [6.07, 6.45) is 2.07. The molecular weight excluding hydrogens is 144 g/mol. The molecule has 1 aliphatic carbocycles. The highest BCUT2D eigenvalue weighted by Gasteiger charge is 2.25. The predicted molar refractivity (Wildman–Crippen MR) is 28.0 cm³/mol. The summed E-state index contributed by atoms with van der Waals surface area (Å²) in [5.41, 5.74) is 0. The van der Waals surface area contributed by atoms with Crippen LogP contribution < -0.4 is 0 Å². The molecule has 0 aromatic rings. The fraction of sp³-hybridized carbons (Fsp3) is 1.00. The zero-order chi connectivity index (χ0) is 4.57. The van der Waals surface area contributed by atoms with Gasteiger partial charge in [0.15, 0.2) is 0 Å². The van der Waals surface area contributed by atoms with Gasteiger partial charge in [0, 0.05) is 4.83 Å². The summed E-state index contributed by atoms with van der Waals surface area (Å²) in [6, 6.07) is 0. The monoisotopic (exact) mass is 150 g/mol. The molecule has 36 valence electrons. The highest BCUT2D eigenvalue weighted by atomic mass is 79.9. The molecule has 1 aliphatic rings. The van der Waals surface area contributed by atoms with Crippen molar-refractivity contribution in [2.24, 2.45) is 0 Å². The first kappa shape index (κ1) is 4.60. The van der Waals surface area contributed by atoms with Gasteiger partial charge in [-0.15, -0.1) is 0 Å². The third kappa shape index (κ3) is 0.590. The normalized spacial score (nSPS) is 45.0. The van der Waals surface area contributed by atoms with Crippen LogP contribution in [0.4, 0.5) is 0 Å². The smallest absolute Gasteiger partial charge is 0.0665 e. The molecule has 0 aromatic heterocycles. The van der Waals surface area contributed by atoms with Crippen LogP contribution in [0.15, 0.2) is 0 Å². The molecule has 1 unspecified atom stereocenters. The molecule has 1 nitrogen and oxygen atoms in total. The van der Waals surface area contributed by atoms with E-state index in [4.69, 9.17) is 5.11 Å². The Labute approximate surface area is 45.5 Å². The molecule has 6 heavy (non-hydrogen) atoms. The second-order valence-electron chi connectivity index (χ2n) is 1.66. The summed E-state index contributed by atoms with van der Waals surface area (Å²) in [7, 11) is 0. The van der Waals surface area contributed by atoms with E-state index in [-0.39, 0.29) is 6.10 Å². The van der Waals surface area contributed by atoms with E-state index in [0.29, 0.717) is 4.83 Å². The first-order valence-corrected chi connectivity index (χ1v) is 3.04. The van der Waals surface area contributed by atoms with Crippen LogP contribution in [0.5, 0.6) is 0 Å². The Morgan fingerprint density at radius 1 is 1.50 bits per heavy atom. The van der Waals surface area contributed by atoms with E-state index in [1.165, 1.54) is 0 Å². The molecule has 1 saturated carbocycles. The maximum Gasteiger partial charge on any atom is 0.0665 e. The van der Waals surface area contributed by atoms with Gasteiger partial charge >= 0.3 is 0 Å². The van der Waals surface area contributed by atoms with Crippen molar-refractivity contribution in [1.82, 2.24) is 0 Å². The Bertz CT molecular complexity index is 47.5.